The van der Waals surface area contributed by atoms with Gasteiger partial charge in [0.1, 0.15) is 0 Å². The van der Waals surface area contributed by atoms with Gasteiger partial charge in [0.05, 0.1) is 19.1 Å². The van der Waals surface area contributed by atoms with Crippen molar-refractivity contribution in [1.29, 1.82) is 0 Å². The molecule has 1 atom stereocenters. The molecule has 2 N–H and O–H groups in total. The summed E-state index contributed by atoms with van der Waals surface area (Å²) in [4.78, 5) is 12.6. The lowest BCUT2D eigenvalue weighted by Crippen LogP contribution is -2.31. The Hall–Kier alpha value is -1.43. The summed E-state index contributed by atoms with van der Waals surface area (Å²) < 4.78 is 4.88. The first kappa shape index (κ1) is 15.6. The number of ether oxygens (including phenoxy) is 1. The first-order chi connectivity index (χ1) is 9.01. The second-order valence-electron chi connectivity index (χ2n) is 4.69. The molecule has 1 aromatic rings. The van der Waals surface area contributed by atoms with Crippen molar-refractivity contribution in [1.82, 2.24) is 4.90 Å². The Morgan fingerprint density at radius 3 is 2.42 bits per heavy atom. The third-order valence-electron chi connectivity index (χ3n) is 2.71. The van der Waals surface area contributed by atoms with Crippen LogP contribution in [0, 0.1) is 0 Å². The smallest absolute Gasteiger partial charge is 0.307 e. The number of nitrogens with zero attached hydrogens (tertiary/aromatic N) is 1. The van der Waals surface area contributed by atoms with E-state index >= 15 is 0 Å². The molecule has 0 saturated heterocycles. The zero-order valence-corrected chi connectivity index (χ0v) is 11.4. The van der Waals surface area contributed by atoms with Crippen molar-refractivity contribution >= 4 is 5.97 Å². The van der Waals surface area contributed by atoms with Crippen molar-refractivity contribution in [2.24, 2.45) is 0 Å². The van der Waals surface area contributed by atoms with Crippen molar-refractivity contribution < 1.29 is 19.7 Å². The first-order valence-electron chi connectivity index (χ1n) is 6.16. The molecule has 1 rings (SSSR count). The van der Waals surface area contributed by atoms with Crippen LogP contribution in [0.25, 0.3) is 0 Å². The maximum atomic E-state index is 10.6. The van der Waals surface area contributed by atoms with Crippen molar-refractivity contribution in [3.05, 3.63) is 35.4 Å². The van der Waals surface area contributed by atoms with Crippen LogP contribution in [0.15, 0.2) is 24.3 Å². The predicted molar refractivity (Wildman–Crippen MR) is 72.0 cm³/mol. The van der Waals surface area contributed by atoms with Crippen LogP contribution in [-0.4, -0.2) is 54.5 Å². The van der Waals surface area contributed by atoms with E-state index in [4.69, 9.17) is 9.84 Å². The van der Waals surface area contributed by atoms with E-state index in [-0.39, 0.29) is 6.42 Å². The van der Waals surface area contributed by atoms with Crippen LogP contribution in [0.5, 0.6) is 0 Å². The lowest BCUT2D eigenvalue weighted by Gasteiger charge is -2.20. The van der Waals surface area contributed by atoms with Crippen molar-refractivity contribution in [3.63, 3.8) is 0 Å². The van der Waals surface area contributed by atoms with Crippen LogP contribution in [-0.2, 0) is 22.5 Å². The fourth-order valence-electron chi connectivity index (χ4n) is 1.92. The van der Waals surface area contributed by atoms with Crippen LogP contribution in [0.4, 0.5) is 0 Å². The van der Waals surface area contributed by atoms with Gasteiger partial charge in [-0.15, -0.1) is 0 Å². The van der Waals surface area contributed by atoms with E-state index in [1.54, 1.807) is 7.11 Å². The largest absolute Gasteiger partial charge is 0.481 e. The predicted octanol–water partition coefficient (Wildman–Crippen LogP) is 0.753. The summed E-state index contributed by atoms with van der Waals surface area (Å²) in [6.07, 6.45) is -0.454. The summed E-state index contributed by atoms with van der Waals surface area (Å²) in [5.74, 6) is -0.826. The molecule has 0 radical (unpaired) electrons. The van der Waals surface area contributed by atoms with Gasteiger partial charge in [-0.3, -0.25) is 9.69 Å². The highest BCUT2D eigenvalue weighted by Crippen LogP contribution is 2.08. The summed E-state index contributed by atoms with van der Waals surface area (Å²) in [7, 11) is 3.48. The Morgan fingerprint density at radius 1 is 1.32 bits per heavy atom. The van der Waals surface area contributed by atoms with Crippen molar-refractivity contribution in [2.75, 3.05) is 27.3 Å². The molecule has 0 saturated carbocycles. The van der Waals surface area contributed by atoms with E-state index in [0.717, 1.165) is 11.1 Å². The Kier molecular flexibility index (Phi) is 6.49. The van der Waals surface area contributed by atoms with Gasteiger partial charge >= 0.3 is 5.97 Å². The third kappa shape index (κ3) is 6.33. The molecule has 0 aromatic heterocycles. The Labute approximate surface area is 113 Å². The minimum absolute atomic E-state index is 0.0443. The number of hydrogen-bond acceptors (Lipinski definition) is 4. The fraction of sp³-hybridized carbons (Fsp3) is 0.500. The van der Waals surface area contributed by atoms with Gasteiger partial charge in [-0.1, -0.05) is 24.3 Å². The van der Waals surface area contributed by atoms with Gasteiger partial charge in [-0.25, -0.2) is 0 Å². The number of likely N-dealkylation sites (N-methyl/N-ethyl adjacent to an activating group) is 1. The van der Waals surface area contributed by atoms with E-state index < -0.39 is 12.1 Å². The Bertz CT molecular complexity index is 391. The molecule has 1 aromatic carbocycles. The molecule has 0 aliphatic rings. The normalized spacial score (nSPS) is 12.6. The third-order valence-corrected chi connectivity index (χ3v) is 2.71. The second kappa shape index (κ2) is 7.89. The average Bonchev–Trinajstić information content (AvgIpc) is 2.31. The standard InChI is InChI=1S/C14H21NO4/c1-15(9-13(16)10-19-2)8-12-5-3-11(4-6-12)7-14(17)18/h3-6,13,16H,7-10H2,1-2H3,(H,17,18). The highest BCUT2D eigenvalue weighted by Gasteiger charge is 2.08. The van der Waals surface area contributed by atoms with E-state index in [2.05, 4.69) is 0 Å². The maximum Gasteiger partial charge on any atom is 0.307 e. The second-order valence-corrected chi connectivity index (χ2v) is 4.69. The molecule has 106 valence electrons. The molecular weight excluding hydrogens is 246 g/mol. The highest BCUT2D eigenvalue weighted by molar-refractivity contribution is 5.70. The summed E-state index contributed by atoms with van der Waals surface area (Å²) in [6, 6.07) is 7.47. The summed E-state index contributed by atoms with van der Waals surface area (Å²) >= 11 is 0. The van der Waals surface area contributed by atoms with Crippen LogP contribution in [0.2, 0.25) is 0 Å². The number of aliphatic hydroxyl groups is 1. The molecule has 0 aliphatic heterocycles. The number of aliphatic carboxylic acids is 1. The monoisotopic (exact) mass is 267 g/mol. The number of carboxylic acid groups (broad SMARTS) is 1. The fourth-order valence-corrected chi connectivity index (χ4v) is 1.92. The zero-order chi connectivity index (χ0) is 14.3. The van der Waals surface area contributed by atoms with Gasteiger partial charge in [0, 0.05) is 20.2 Å². The van der Waals surface area contributed by atoms with Crippen molar-refractivity contribution in [3.8, 4) is 0 Å². The number of hydrogen-bond donors (Lipinski definition) is 2. The molecule has 19 heavy (non-hydrogen) atoms. The molecule has 0 spiro atoms. The number of benzene rings is 1. The number of carboxylic acids is 1. The quantitative estimate of drug-likeness (QED) is 0.727. The molecule has 1 unspecified atom stereocenters. The van der Waals surface area contributed by atoms with E-state index in [9.17, 15) is 9.90 Å². The molecule has 0 amide bonds. The van der Waals surface area contributed by atoms with E-state index in [1.165, 1.54) is 0 Å². The van der Waals surface area contributed by atoms with Gasteiger partial charge in [0.15, 0.2) is 0 Å². The number of methoxy groups -OCH3 is 1. The molecule has 0 bridgehead atoms. The average molecular weight is 267 g/mol. The van der Waals surface area contributed by atoms with E-state index in [1.807, 2.05) is 36.2 Å². The Morgan fingerprint density at radius 2 is 1.89 bits per heavy atom. The molecule has 5 nitrogen and oxygen atoms in total. The highest BCUT2D eigenvalue weighted by atomic mass is 16.5. The number of aliphatic hydroxyl groups excluding tert-OH is 1. The van der Waals surface area contributed by atoms with Gasteiger partial charge in [0.25, 0.3) is 0 Å². The molecule has 5 heteroatoms. The maximum absolute atomic E-state index is 10.6. The lowest BCUT2D eigenvalue weighted by atomic mass is 10.1. The number of rotatable bonds is 8. The first-order valence-corrected chi connectivity index (χ1v) is 6.16. The summed E-state index contributed by atoms with van der Waals surface area (Å²) in [5.41, 5.74) is 1.87. The van der Waals surface area contributed by atoms with Crippen molar-refractivity contribution in [2.45, 2.75) is 19.1 Å². The SMILES string of the molecule is COCC(O)CN(C)Cc1ccc(CC(=O)O)cc1. The summed E-state index contributed by atoms with van der Waals surface area (Å²) in [6.45, 7) is 1.56. The van der Waals surface area contributed by atoms with Gasteiger partial charge in [-0.05, 0) is 18.2 Å². The Balaban J connectivity index is 2.46. The van der Waals surface area contributed by atoms with E-state index in [0.29, 0.717) is 19.7 Å². The van der Waals surface area contributed by atoms with Gasteiger partial charge in [-0.2, -0.15) is 0 Å². The topological polar surface area (TPSA) is 70.0 Å². The van der Waals surface area contributed by atoms with Crippen LogP contribution in [0.1, 0.15) is 11.1 Å². The number of carbonyl (C=O) groups is 1. The minimum Gasteiger partial charge on any atom is -0.481 e. The van der Waals surface area contributed by atoms with Gasteiger partial charge in [0.2, 0.25) is 0 Å². The lowest BCUT2D eigenvalue weighted by molar-refractivity contribution is -0.136. The molecule has 0 fully saturated rings. The van der Waals surface area contributed by atoms with Crippen LogP contribution in [0.3, 0.4) is 0 Å². The summed E-state index contributed by atoms with van der Waals surface area (Å²) in [5, 5.41) is 18.3. The molecule has 0 aliphatic carbocycles. The minimum atomic E-state index is -0.826. The van der Waals surface area contributed by atoms with Gasteiger partial charge < -0.3 is 14.9 Å². The molecule has 0 heterocycles. The van der Waals surface area contributed by atoms with Crippen LogP contribution < -0.4 is 0 Å². The molecular formula is C14H21NO4. The zero-order valence-electron chi connectivity index (χ0n) is 11.4. The van der Waals surface area contributed by atoms with Crippen LogP contribution >= 0.6 is 0 Å².